The molecule has 0 amide bonds. The second-order valence-corrected chi connectivity index (χ2v) is 5.63. The van der Waals surface area contributed by atoms with Gasteiger partial charge in [-0.15, -0.1) is 0 Å². The quantitative estimate of drug-likeness (QED) is 0.745. The van der Waals surface area contributed by atoms with Crippen molar-refractivity contribution in [1.82, 2.24) is 4.98 Å². The van der Waals surface area contributed by atoms with Gasteiger partial charge in [-0.25, -0.2) is 9.18 Å². The number of methoxy groups -OCH3 is 1. The Kier molecular flexibility index (Phi) is 4.16. The second kappa shape index (κ2) is 6.28. The van der Waals surface area contributed by atoms with Crippen LogP contribution in [0.2, 0.25) is 0 Å². The first-order valence-corrected chi connectivity index (χ1v) is 7.43. The van der Waals surface area contributed by atoms with Gasteiger partial charge in [0.25, 0.3) is 0 Å². The summed E-state index contributed by atoms with van der Waals surface area (Å²) in [6, 6.07) is 9.98. The van der Waals surface area contributed by atoms with Crippen LogP contribution < -0.4 is 0 Å². The number of hydrogen-bond donors (Lipinski definition) is 1. The predicted molar refractivity (Wildman–Crippen MR) is 88.7 cm³/mol. The number of halogens is 1. The Morgan fingerprint density at radius 3 is 2.58 bits per heavy atom. The van der Waals surface area contributed by atoms with Gasteiger partial charge in [0.1, 0.15) is 16.9 Å². The van der Waals surface area contributed by atoms with Gasteiger partial charge in [0.2, 0.25) is 0 Å². The van der Waals surface area contributed by atoms with Crippen LogP contribution in [0.5, 0.6) is 5.75 Å². The van der Waals surface area contributed by atoms with E-state index in [-0.39, 0.29) is 17.1 Å². The number of fused-ring (bicyclic) bond motifs is 1. The Balaban J connectivity index is 2.02. The number of nitrogens with zero attached hydrogens (tertiary/aromatic N) is 1. The monoisotopic (exact) mass is 325 g/mol. The molecule has 0 aliphatic carbocycles. The van der Waals surface area contributed by atoms with Crippen molar-refractivity contribution in [2.24, 2.45) is 0 Å². The van der Waals surface area contributed by atoms with Crippen LogP contribution in [0.15, 0.2) is 42.6 Å². The van der Waals surface area contributed by atoms with Gasteiger partial charge in [-0.1, -0.05) is 12.1 Å². The molecule has 1 aromatic heterocycles. The third-order valence-corrected chi connectivity index (χ3v) is 3.91. The lowest BCUT2D eigenvalue weighted by molar-refractivity contribution is 0.0597. The number of aromatic nitrogens is 1. The summed E-state index contributed by atoms with van der Waals surface area (Å²) in [7, 11) is 1.27. The molecule has 0 saturated heterocycles. The van der Waals surface area contributed by atoms with Crippen LogP contribution in [-0.2, 0) is 11.2 Å². The van der Waals surface area contributed by atoms with Gasteiger partial charge in [-0.2, -0.15) is 0 Å². The van der Waals surface area contributed by atoms with E-state index in [0.717, 1.165) is 16.5 Å². The Morgan fingerprint density at radius 1 is 1.21 bits per heavy atom. The molecule has 5 heteroatoms. The Labute approximate surface area is 138 Å². The van der Waals surface area contributed by atoms with Crippen molar-refractivity contribution in [2.45, 2.75) is 13.3 Å². The molecule has 1 N–H and O–H groups in total. The molecule has 3 rings (SSSR count). The minimum Gasteiger partial charge on any atom is -0.505 e. The van der Waals surface area contributed by atoms with Crippen molar-refractivity contribution in [3.63, 3.8) is 0 Å². The fourth-order valence-corrected chi connectivity index (χ4v) is 2.74. The van der Waals surface area contributed by atoms with E-state index < -0.39 is 5.97 Å². The van der Waals surface area contributed by atoms with Gasteiger partial charge in [0, 0.05) is 11.6 Å². The average Bonchev–Trinajstić information content (AvgIpc) is 2.56. The molecule has 0 fully saturated rings. The fraction of sp³-hybridized carbons (Fsp3) is 0.158. The van der Waals surface area contributed by atoms with E-state index in [1.54, 1.807) is 31.3 Å². The lowest BCUT2D eigenvalue weighted by Gasteiger charge is -2.10. The topological polar surface area (TPSA) is 59.4 Å². The summed E-state index contributed by atoms with van der Waals surface area (Å²) >= 11 is 0. The number of hydrogen-bond acceptors (Lipinski definition) is 4. The molecule has 0 aliphatic rings. The van der Waals surface area contributed by atoms with E-state index in [0.29, 0.717) is 17.5 Å². The third-order valence-electron chi connectivity index (χ3n) is 3.91. The normalized spacial score (nSPS) is 10.8. The molecule has 3 aromatic rings. The van der Waals surface area contributed by atoms with Gasteiger partial charge >= 0.3 is 5.97 Å². The van der Waals surface area contributed by atoms with Crippen LogP contribution in [0.3, 0.4) is 0 Å². The van der Waals surface area contributed by atoms with Gasteiger partial charge in [0.05, 0.1) is 7.11 Å². The molecule has 0 saturated carbocycles. The molecule has 122 valence electrons. The summed E-state index contributed by atoms with van der Waals surface area (Å²) in [6.45, 7) is 1.73. The Morgan fingerprint density at radius 2 is 1.92 bits per heavy atom. The number of carbonyl (C=O) groups excluding carboxylic acids is 1. The zero-order valence-corrected chi connectivity index (χ0v) is 13.3. The van der Waals surface area contributed by atoms with Gasteiger partial charge in [-0.05, 0) is 54.3 Å². The van der Waals surface area contributed by atoms with Crippen LogP contribution in [0, 0.1) is 12.7 Å². The highest BCUT2D eigenvalue weighted by molar-refractivity contribution is 6.01. The molecular weight excluding hydrogens is 309 g/mol. The zero-order valence-electron chi connectivity index (χ0n) is 13.3. The number of rotatable bonds is 3. The lowest BCUT2D eigenvalue weighted by atomic mass is 10.0. The van der Waals surface area contributed by atoms with E-state index in [9.17, 15) is 14.3 Å². The first kappa shape index (κ1) is 15.9. The zero-order chi connectivity index (χ0) is 17.3. The fourth-order valence-electron chi connectivity index (χ4n) is 2.74. The number of benzene rings is 2. The van der Waals surface area contributed by atoms with E-state index in [1.807, 2.05) is 6.07 Å². The molecule has 0 bridgehead atoms. The van der Waals surface area contributed by atoms with Crippen molar-refractivity contribution in [3.8, 4) is 5.75 Å². The molecule has 4 nitrogen and oxygen atoms in total. The maximum atomic E-state index is 13.0. The molecule has 0 atom stereocenters. The van der Waals surface area contributed by atoms with E-state index in [4.69, 9.17) is 4.74 Å². The molecule has 2 aromatic carbocycles. The van der Waals surface area contributed by atoms with E-state index in [1.165, 1.54) is 19.2 Å². The van der Waals surface area contributed by atoms with Crippen LogP contribution in [0.4, 0.5) is 4.39 Å². The number of carbonyl (C=O) groups is 1. The number of phenols is 1. The average molecular weight is 325 g/mol. The summed E-state index contributed by atoms with van der Waals surface area (Å²) in [4.78, 5) is 16.1. The number of phenolic OH excluding ortho intramolecular Hbond substituents is 1. The molecule has 24 heavy (non-hydrogen) atoms. The van der Waals surface area contributed by atoms with Crippen molar-refractivity contribution in [3.05, 3.63) is 70.7 Å². The smallest absolute Gasteiger partial charge is 0.341 e. The maximum absolute atomic E-state index is 13.0. The van der Waals surface area contributed by atoms with Gasteiger partial charge in [0.15, 0.2) is 5.75 Å². The highest BCUT2D eigenvalue weighted by Crippen LogP contribution is 2.31. The van der Waals surface area contributed by atoms with Gasteiger partial charge < -0.3 is 9.84 Å². The van der Waals surface area contributed by atoms with Gasteiger partial charge in [-0.3, -0.25) is 4.98 Å². The summed E-state index contributed by atoms with van der Waals surface area (Å²) < 4.78 is 17.7. The lowest BCUT2D eigenvalue weighted by Crippen LogP contribution is -2.05. The number of pyridine rings is 1. The highest BCUT2D eigenvalue weighted by Gasteiger charge is 2.18. The first-order chi connectivity index (χ1) is 11.5. The minimum atomic E-state index is -0.593. The highest BCUT2D eigenvalue weighted by atomic mass is 19.1. The molecule has 0 aliphatic heterocycles. The molecule has 0 radical (unpaired) electrons. The van der Waals surface area contributed by atoms with Crippen LogP contribution in [0.25, 0.3) is 10.9 Å². The van der Waals surface area contributed by atoms with E-state index >= 15 is 0 Å². The Bertz CT molecular complexity index is 920. The standard InChI is InChI=1S/C19H16FNO3/c1-11-7-14-9-13(8-12-3-5-15(20)6-4-12)10-21-17(14)18(22)16(11)19(23)24-2/h3-7,9-10,22H,8H2,1-2H3. The molecule has 1 heterocycles. The summed E-state index contributed by atoms with van der Waals surface area (Å²) in [6.07, 6.45) is 2.24. The summed E-state index contributed by atoms with van der Waals surface area (Å²) in [5.41, 5.74) is 2.99. The third kappa shape index (κ3) is 2.93. The number of ether oxygens (including phenoxy) is 1. The number of aryl methyl sites for hydroxylation is 1. The molecular formula is C19H16FNO3. The van der Waals surface area contributed by atoms with Crippen molar-refractivity contribution < 1.29 is 19.0 Å². The van der Waals surface area contributed by atoms with Crippen LogP contribution >= 0.6 is 0 Å². The summed E-state index contributed by atoms with van der Waals surface area (Å²) in [5, 5.41) is 11.1. The van der Waals surface area contributed by atoms with Crippen molar-refractivity contribution >= 4 is 16.9 Å². The Hall–Kier alpha value is -2.95. The molecule has 0 unspecified atom stereocenters. The van der Waals surface area contributed by atoms with E-state index in [2.05, 4.69) is 4.98 Å². The molecule has 0 spiro atoms. The first-order valence-electron chi connectivity index (χ1n) is 7.43. The van der Waals surface area contributed by atoms with Crippen molar-refractivity contribution in [2.75, 3.05) is 7.11 Å². The van der Waals surface area contributed by atoms with Crippen LogP contribution in [0.1, 0.15) is 27.0 Å². The number of esters is 1. The summed E-state index contributed by atoms with van der Waals surface area (Å²) in [5.74, 6) is -1.04. The van der Waals surface area contributed by atoms with Crippen molar-refractivity contribution in [1.29, 1.82) is 0 Å². The number of aromatic hydroxyl groups is 1. The largest absolute Gasteiger partial charge is 0.505 e. The maximum Gasteiger partial charge on any atom is 0.341 e. The SMILES string of the molecule is COC(=O)c1c(C)cc2cc(Cc3ccc(F)cc3)cnc2c1O. The van der Waals surface area contributed by atoms with Crippen LogP contribution in [-0.4, -0.2) is 23.2 Å². The second-order valence-electron chi connectivity index (χ2n) is 5.63. The predicted octanol–water partition coefficient (Wildman–Crippen LogP) is 3.77. The minimum absolute atomic E-state index is 0.129.